The topological polar surface area (TPSA) is 30.9 Å². The van der Waals surface area contributed by atoms with Gasteiger partial charge in [-0.2, -0.15) is 0 Å². The molecule has 0 amide bonds. The van der Waals surface area contributed by atoms with Gasteiger partial charge in [0.25, 0.3) is 0 Å². The fourth-order valence-corrected chi connectivity index (χ4v) is 1.97. The Morgan fingerprint density at radius 3 is 2.30 bits per heavy atom. The zero-order valence-electron chi connectivity index (χ0n) is 13.3. The number of hydrogen-bond acceptors (Lipinski definition) is 2. The third kappa shape index (κ3) is 6.06. The van der Waals surface area contributed by atoms with Crippen molar-refractivity contribution >= 4 is 5.96 Å². The average Bonchev–Trinajstić information content (AvgIpc) is 2.47. The molecule has 0 saturated carbocycles. The molecule has 0 fully saturated rings. The Morgan fingerprint density at radius 1 is 1.10 bits per heavy atom. The summed E-state index contributed by atoms with van der Waals surface area (Å²) < 4.78 is 0. The first kappa shape index (κ1) is 16.5. The highest BCUT2D eigenvalue weighted by molar-refractivity contribution is 5.79. The van der Waals surface area contributed by atoms with Crippen molar-refractivity contribution < 1.29 is 0 Å². The first-order valence-electron chi connectivity index (χ1n) is 7.39. The molecule has 1 N–H and O–H groups in total. The fraction of sp³-hybridized carbons (Fsp3) is 0.562. The van der Waals surface area contributed by atoms with E-state index in [1.807, 2.05) is 37.2 Å². The molecule has 4 heteroatoms. The molecule has 1 rings (SSSR count). The first-order valence-corrected chi connectivity index (χ1v) is 7.39. The Hall–Kier alpha value is -1.55. The van der Waals surface area contributed by atoms with E-state index in [2.05, 4.69) is 41.2 Å². The van der Waals surface area contributed by atoms with Crippen molar-refractivity contribution in [2.45, 2.75) is 20.4 Å². The highest BCUT2D eigenvalue weighted by Crippen LogP contribution is 2.00. The van der Waals surface area contributed by atoms with Crippen LogP contribution < -0.4 is 5.32 Å². The maximum Gasteiger partial charge on any atom is 0.193 e. The highest BCUT2D eigenvalue weighted by Gasteiger charge is 2.03. The van der Waals surface area contributed by atoms with E-state index in [0.717, 1.165) is 32.1 Å². The number of nitrogens with zero attached hydrogens (tertiary/aromatic N) is 3. The SMILES string of the molecule is CCN(CC)CCNC(=NCc1ccccc1)N(C)C. The Labute approximate surface area is 123 Å². The molecule has 0 aliphatic heterocycles. The fourth-order valence-electron chi connectivity index (χ4n) is 1.97. The van der Waals surface area contributed by atoms with Crippen LogP contribution in [0.4, 0.5) is 0 Å². The van der Waals surface area contributed by atoms with E-state index in [9.17, 15) is 0 Å². The molecule has 0 atom stereocenters. The Kier molecular flexibility index (Phi) is 7.73. The molecular weight excluding hydrogens is 248 g/mol. The number of guanidine groups is 1. The summed E-state index contributed by atoms with van der Waals surface area (Å²) in [5, 5.41) is 3.42. The number of nitrogens with one attached hydrogen (secondary N) is 1. The zero-order valence-corrected chi connectivity index (χ0v) is 13.3. The van der Waals surface area contributed by atoms with Crippen molar-refractivity contribution in [2.75, 3.05) is 40.3 Å². The van der Waals surface area contributed by atoms with Gasteiger partial charge in [-0.25, -0.2) is 4.99 Å². The van der Waals surface area contributed by atoms with Crippen LogP contribution in [0.25, 0.3) is 0 Å². The summed E-state index contributed by atoms with van der Waals surface area (Å²) in [6, 6.07) is 10.3. The number of rotatable bonds is 7. The van der Waals surface area contributed by atoms with E-state index in [4.69, 9.17) is 0 Å². The van der Waals surface area contributed by atoms with Gasteiger partial charge in [0, 0.05) is 27.2 Å². The summed E-state index contributed by atoms with van der Waals surface area (Å²) in [7, 11) is 4.04. The van der Waals surface area contributed by atoms with Gasteiger partial charge in [0.2, 0.25) is 0 Å². The molecule has 0 radical (unpaired) electrons. The number of hydrogen-bond donors (Lipinski definition) is 1. The predicted molar refractivity (Wildman–Crippen MR) is 87.1 cm³/mol. The van der Waals surface area contributed by atoms with Crippen molar-refractivity contribution in [3.63, 3.8) is 0 Å². The zero-order chi connectivity index (χ0) is 14.8. The molecule has 1 aromatic rings. The standard InChI is InChI=1S/C16H28N4/c1-5-20(6-2)13-12-17-16(19(3)4)18-14-15-10-8-7-9-11-15/h7-11H,5-6,12-14H2,1-4H3,(H,17,18). The second kappa shape index (κ2) is 9.37. The van der Waals surface area contributed by atoms with E-state index in [1.165, 1.54) is 5.56 Å². The lowest BCUT2D eigenvalue weighted by atomic mass is 10.2. The van der Waals surface area contributed by atoms with Gasteiger partial charge in [0.1, 0.15) is 0 Å². The molecule has 20 heavy (non-hydrogen) atoms. The van der Waals surface area contributed by atoms with Gasteiger partial charge < -0.3 is 15.1 Å². The Morgan fingerprint density at radius 2 is 1.75 bits per heavy atom. The molecular formula is C16H28N4. The van der Waals surface area contributed by atoms with Crippen LogP contribution in [0.5, 0.6) is 0 Å². The molecule has 0 spiro atoms. The van der Waals surface area contributed by atoms with E-state index in [1.54, 1.807) is 0 Å². The van der Waals surface area contributed by atoms with E-state index < -0.39 is 0 Å². The summed E-state index contributed by atoms with van der Waals surface area (Å²) >= 11 is 0. The number of likely N-dealkylation sites (N-methyl/N-ethyl adjacent to an activating group) is 1. The maximum atomic E-state index is 4.65. The van der Waals surface area contributed by atoms with Crippen LogP contribution >= 0.6 is 0 Å². The summed E-state index contributed by atoms with van der Waals surface area (Å²) in [4.78, 5) is 9.09. The molecule has 0 bridgehead atoms. The third-order valence-electron chi connectivity index (χ3n) is 3.28. The molecule has 0 aliphatic rings. The molecule has 0 unspecified atom stereocenters. The average molecular weight is 276 g/mol. The Balaban J connectivity index is 2.48. The number of benzene rings is 1. The lowest BCUT2D eigenvalue weighted by Crippen LogP contribution is -2.41. The van der Waals surface area contributed by atoms with E-state index in [-0.39, 0.29) is 0 Å². The van der Waals surface area contributed by atoms with E-state index >= 15 is 0 Å². The summed E-state index contributed by atoms with van der Waals surface area (Å²) in [6.45, 7) is 9.26. The molecule has 0 aliphatic carbocycles. The van der Waals surface area contributed by atoms with Crippen LogP contribution in [-0.4, -0.2) is 56.0 Å². The van der Waals surface area contributed by atoms with Crippen LogP contribution in [0.15, 0.2) is 35.3 Å². The molecule has 112 valence electrons. The van der Waals surface area contributed by atoms with Crippen LogP contribution in [0.3, 0.4) is 0 Å². The molecule has 0 saturated heterocycles. The van der Waals surface area contributed by atoms with Gasteiger partial charge in [0.05, 0.1) is 6.54 Å². The van der Waals surface area contributed by atoms with Gasteiger partial charge >= 0.3 is 0 Å². The monoisotopic (exact) mass is 276 g/mol. The normalized spacial score (nSPS) is 11.8. The predicted octanol–water partition coefficient (Wildman–Crippen LogP) is 2.04. The summed E-state index contributed by atoms with van der Waals surface area (Å²) in [5.74, 6) is 0.945. The quantitative estimate of drug-likeness (QED) is 0.611. The van der Waals surface area contributed by atoms with Gasteiger partial charge in [-0.05, 0) is 18.7 Å². The second-order valence-corrected chi connectivity index (χ2v) is 4.97. The minimum absolute atomic E-state index is 0.715. The molecule has 0 aromatic heterocycles. The molecule has 0 heterocycles. The van der Waals surface area contributed by atoms with Crippen LogP contribution in [0, 0.1) is 0 Å². The van der Waals surface area contributed by atoms with Crippen molar-refractivity contribution in [1.29, 1.82) is 0 Å². The number of aliphatic imine (C=N–C) groups is 1. The van der Waals surface area contributed by atoms with Gasteiger partial charge in [-0.15, -0.1) is 0 Å². The lowest BCUT2D eigenvalue weighted by molar-refractivity contribution is 0.307. The third-order valence-corrected chi connectivity index (χ3v) is 3.28. The largest absolute Gasteiger partial charge is 0.355 e. The minimum atomic E-state index is 0.715. The highest BCUT2D eigenvalue weighted by atomic mass is 15.3. The minimum Gasteiger partial charge on any atom is -0.355 e. The molecule has 4 nitrogen and oxygen atoms in total. The first-order chi connectivity index (χ1) is 9.67. The van der Waals surface area contributed by atoms with Gasteiger partial charge in [-0.3, -0.25) is 0 Å². The summed E-state index contributed by atoms with van der Waals surface area (Å²) in [5.41, 5.74) is 1.23. The lowest BCUT2D eigenvalue weighted by Gasteiger charge is -2.21. The van der Waals surface area contributed by atoms with Crippen molar-refractivity contribution in [1.82, 2.24) is 15.1 Å². The van der Waals surface area contributed by atoms with Crippen LogP contribution in [0.1, 0.15) is 19.4 Å². The smallest absolute Gasteiger partial charge is 0.193 e. The van der Waals surface area contributed by atoms with Gasteiger partial charge in [0.15, 0.2) is 5.96 Å². The van der Waals surface area contributed by atoms with Crippen LogP contribution in [0.2, 0.25) is 0 Å². The van der Waals surface area contributed by atoms with Crippen molar-refractivity contribution in [2.24, 2.45) is 4.99 Å². The van der Waals surface area contributed by atoms with Crippen molar-refractivity contribution in [3.8, 4) is 0 Å². The van der Waals surface area contributed by atoms with Crippen LogP contribution in [-0.2, 0) is 6.54 Å². The maximum absolute atomic E-state index is 4.65. The Bertz CT molecular complexity index is 383. The molecule has 1 aromatic carbocycles. The summed E-state index contributed by atoms with van der Waals surface area (Å²) in [6.07, 6.45) is 0. The van der Waals surface area contributed by atoms with Gasteiger partial charge in [-0.1, -0.05) is 44.2 Å². The van der Waals surface area contributed by atoms with E-state index in [0.29, 0.717) is 6.54 Å². The second-order valence-electron chi connectivity index (χ2n) is 4.97. The van der Waals surface area contributed by atoms with Crippen molar-refractivity contribution in [3.05, 3.63) is 35.9 Å².